The molecule has 25 heavy (non-hydrogen) atoms. The summed E-state index contributed by atoms with van der Waals surface area (Å²) in [5, 5.41) is 0. The SMILES string of the molecule is C[C@@H]1C[C@H](C)C2C[C@H](Oc3cnccn3)CC1N2C(=O)OC(C)(C)C. The first-order valence-corrected chi connectivity index (χ1v) is 9.18. The van der Waals surface area contributed by atoms with Crippen LogP contribution in [0.5, 0.6) is 5.88 Å². The molecule has 2 unspecified atom stereocenters. The molecule has 2 fully saturated rings. The van der Waals surface area contributed by atoms with Crippen LogP contribution in [0.25, 0.3) is 0 Å². The Bertz CT molecular complexity index is 584. The van der Waals surface area contributed by atoms with Crippen molar-refractivity contribution in [2.24, 2.45) is 11.8 Å². The lowest BCUT2D eigenvalue weighted by molar-refractivity contribution is -0.0735. The lowest BCUT2D eigenvalue weighted by Gasteiger charge is -2.53. The van der Waals surface area contributed by atoms with Crippen molar-refractivity contribution in [2.75, 3.05) is 0 Å². The topological polar surface area (TPSA) is 64.6 Å². The Hall–Kier alpha value is -1.85. The maximum atomic E-state index is 12.8. The van der Waals surface area contributed by atoms with Crippen LogP contribution in [0.15, 0.2) is 18.6 Å². The Morgan fingerprint density at radius 2 is 1.76 bits per heavy atom. The lowest BCUT2D eigenvalue weighted by atomic mass is 9.72. The van der Waals surface area contributed by atoms with Crippen molar-refractivity contribution in [1.29, 1.82) is 0 Å². The van der Waals surface area contributed by atoms with Crippen LogP contribution in [0.2, 0.25) is 0 Å². The fourth-order valence-corrected chi connectivity index (χ4v) is 4.22. The van der Waals surface area contributed by atoms with Crippen molar-refractivity contribution >= 4 is 6.09 Å². The number of amides is 1. The zero-order valence-electron chi connectivity index (χ0n) is 15.8. The summed E-state index contributed by atoms with van der Waals surface area (Å²) in [5.41, 5.74) is -0.481. The summed E-state index contributed by atoms with van der Waals surface area (Å²) < 4.78 is 11.8. The first kappa shape index (κ1) is 18.0. The first-order chi connectivity index (χ1) is 11.7. The minimum Gasteiger partial charge on any atom is -0.473 e. The smallest absolute Gasteiger partial charge is 0.410 e. The summed E-state index contributed by atoms with van der Waals surface area (Å²) in [6, 6.07) is 0.290. The molecule has 138 valence electrons. The van der Waals surface area contributed by atoms with Crippen LogP contribution in [-0.4, -0.2) is 44.7 Å². The van der Waals surface area contributed by atoms with Crippen molar-refractivity contribution in [1.82, 2.24) is 14.9 Å². The molecule has 2 aliphatic heterocycles. The van der Waals surface area contributed by atoms with Gasteiger partial charge < -0.3 is 14.4 Å². The predicted molar refractivity (Wildman–Crippen MR) is 94.3 cm³/mol. The van der Waals surface area contributed by atoms with Crippen LogP contribution in [0.3, 0.4) is 0 Å². The number of aromatic nitrogens is 2. The van der Waals surface area contributed by atoms with Crippen LogP contribution < -0.4 is 4.74 Å². The second-order valence-corrected chi connectivity index (χ2v) is 8.47. The van der Waals surface area contributed by atoms with Crippen molar-refractivity contribution in [2.45, 2.75) is 77.7 Å². The molecular weight excluding hydrogens is 318 g/mol. The minimum absolute atomic E-state index is 0.0515. The molecule has 0 aromatic carbocycles. The van der Waals surface area contributed by atoms with Gasteiger partial charge in [-0.2, -0.15) is 0 Å². The maximum Gasteiger partial charge on any atom is 0.410 e. The Morgan fingerprint density at radius 3 is 2.28 bits per heavy atom. The second kappa shape index (κ2) is 6.81. The summed E-state index contributed by atoms with van der Waals surface area (Å²) >= 11 is 0. The number of nitrogens with zero attached hydrogens (tertiary/aromatic N) is 3. The molecule has 3 heterocycles. The van der Waals surface area contributed by atoms with Crippen LogP contribution in [0.4, 0.5) is 4.79 Å². The van der Waals surface area contributed by atoms with Crippen molar-refractivity contribution in [3.63, 3.8) is 0 Å². The van der Waals surface area contributed by atoms with Gasteiger partial charge in [0.1, 0.15) is 11.7 Å². The molecule has 0 saturated carbocycles. The highest BCUT2D eigenvalue weighted by atomic mass is 16.6. The van der Waals surface area contributed by atoms with E-state index in [-0.39, 0.29) is 24.3 Å². The molecule has 3 rings (SSSR count). The largest absolute Gasteiger partial charge is 0.473 e. The van der Waals surface area contributed by atoms with Gasteiger partial charge in [0.05, 0.1) is 6.20 Å². The van der Waals surface area contributed by atoms with E-state index >= 15 is 0 Å². The molecule has 6 nitrogen and oxygen atoms in total. The van der Waals surface area contributed by atoms with E-state index in [2.05, 4.69) is 23.8 Å². The third-order valence-corrected chi connectivity index (χ3v) is 5.21. The van der Waals surface area contributed by atoms with E-state index < -0.39 is 5.60 Å². The van der Waals surface area contributed by atoms with Gasteiger partial charge in [-0.3, -0.25) is 4.98 Å². The predicted octanol–water partition coefficient (Wildman–Crippen LogP) is 3.67. The van der Waals surface area contributed by atoms with Gasteiger partial charge in [-0.15, -0.1) is 0 Å². The van der Waals surface area contributed by atoms with Crippen molar-refractivity contribution < 1.29 is 14.3 Å². The van der Waals surface area contributed by atoms with Gasteiger partial charge in [-0.25, -0.2) is 9.78 Å². The van der Waals surface area contributed by atoms with E-state index in [1.54, 1.807) is 18.6 Å². The third kappa shape index (κ3) is 4.05. The summed E-state index contributed by atoms with van der Waals surface area (Å²) in [7, 11) is 0. The molecule has 0 N–H and O–H groups in total. The molecule has 0 radical (unpaired) electrons. The van der Waals surface area contributed by atoms with E-state index in [4.69, 9.17) is 9.47 Å². The molecule has 0 aliphatic carbocycles. The van der Waals surface area contributed by atoms with Crippen molar-refractivity contribution in [3.8, 4) is 5.88 Å². The van der Waals surface area contributed by atoms with Crippen LogP contribution in [-0.2, 0) is 4.74 Å². The molecule has 6 heteroatoms. The second-order valence-electron chi connectivity index (χ2n) is 8.47. The number of carbonyl (C=O) groups excluding carboxylic acids is 1. The lowest BCUT2D eigenvalue weighted by Crippen LogP contribution is -2.62. The zero-order chi connectivity index (χ0) is 18.2. The van der Waals surface area contributed by atoms with Gasteiger partial charge in [0.2, 0.25) is 5.88 Å². The average molecular weight is 347 g/mol. The van der Waals surface area contributed by atoms with Crippen molar-refractivity contribution in [3.05, 3.63) is 18.6 Å². The van der Waals surface area contributed by atoms with Crippen LogP contribution in [0.1, 0.15) is 53.9 Å². The number of hydrogen-bond donors (Lipinski definition) is 0. The van der Waals surface area contributed by atoms with E-state index in [1.807, 2.05) is 25.7 Å². The summed E-state index contributed by atoms with van der Waals surface area (Å²) in [5.74, 6) is 1.40. The molecule has 2 aliphatic rings. The quantitative estimate of drug-likeness (QED) is 0.817. The Labute approximate surface area is 149 Å². The molecular formula is C19H29N3O3. The number of piperidine rings is 2. The zero-order valence-corrected chi connectivity index (χ0v) is 15.8. The molecule has 0 spiro atoms. The summed E-state index contributed by atoms with van der Waals surface area (Å²) in [6.07, 6.45) is 7.51. The minimum atomic E-state index is -0.481. The van der Waals surface area contributed by atoms with Gasteiger partial charge in [0.15, 0.2) is 0 Å². The Balaban J connectivity index is 1.77. The van der Waals surface area contributed by atoms with E-state index in [9.17, 15) is 4.79 Å². The normalized spacial score (nSPS) is 32.2. The van der Waals surface area contributed by atoms with E-state index in [0.717, 1.165) is 19.3 Å². The molecule has 2 bridgehead atoms. The average Bonchev–Trinajstić information content (AvgIpc) is 2.52. The Kier molecular flexibility index (Phi) is 4.89. The third-order valence-electron chi connectivity index (χ3n) is 5.21. The van der Waals surface area contributed by atoms with Gasteiger partial charge >= 0.3 is 6.09 Å². The number of hydrogen-bond acceptors (Lipinski definition) is 5. The molecule has 5 atom stereocenters. The molecule has 1 amide bonds. The molecule has 1 aromatic heterocycles. The van der Waals surface area contributed by atoms with Gasteiger partial charge in [0, 0.05) is 37.3 Å². The number of rotatable bonds is 2. The number of carbonyl (C=O) groups is 1. The summed E-state index contributed by atoms with van der Waals surface area (Å²) in [4.78, 5) is 23.1. The van der Waals surface area contributed by atoms with Gasteiger partial charge in [0.25, 0.3) is 0 Å². The maximum absolute atomic E-state index is 12.8. The number of fused-ring (bicyclic) bond motifs is 2. The Morgan fingerprint density at radius 1 is 1.12 bits per heavy atom. The highest BCUT2D eigenvalue weighted by Gasteiger charge is 2.49. The fourth-order valence-electron chi connectivity index (χ4n) is 4.22. The van der Waals surface area contributed by atoms with Gasteiger partial charge in [-0.05, 0) is 39.0 Å². The van der Waals surface area contributed by atoms with Crippen LogP contribution in [0, 0.1) is 11.8 Å². The fraction of sp³-hybridized carbons (Fsp3) is 0.737. The number of ether oxygens (including phenoxy) is 2. The molecule has 1 aromatic rings. The first-order valence-electron chi connectivity index (χ1n) is 9.18. The van der Waals surface area contributed by atoms with Gasteiger partial charge in [-0.1, -0.05) is 13.8 Å². The van der Waals surface area contributed by atoms with Crippen LogP contribution >= 0.6 is 0 Å². The highest BCUT2D eigenvalue weighted by molar-refractivity contribution is 5.69. The van der Waals surface area contributed by atoms with E-state index in [1.165, 1.54) is 0 Å². The molecule has 2 saturated heterocycles. The summed E-state index contributed by atoms with van der Waals surface area (Å²) in [6.45, 7) is 10.2. The van der Waals surface area contributed by atoms with E-state index in [0.29, 0.717) is 17.7 Å². The monoisotopic (exact) mass is 347 g/mol. The highest BCUT2D eigenvalue weighted by Crippen LogP contribution is 2.42. The standard InChI is InChI=1S/C19H29N3O3/c1-12-8-13(2)16-10-14(24-17-11-20-6-7-21-17)9-15(12)22(16)18(23)25-19(3,4)5/h6-7,11-16H,8-10H2,1-5H3/t12-,13+,14-,15?,16?.